The molecule has 1 saturated carbocycles. The molecule has 3 fully saturated rings. The number of aliphatic hydroxyl groups is 2. The van der Waals surface area contributed by atoms with Crippen LogP contribution < -0.4 is 9.64 Å². The highest BCUT2D eigenvalue weighted by molar-refractivity contribution is 5.95. The summed E-state index contributed by atoms with van der Waals surface area (Å²) in [4.78, 5) is 53.2. The number of nitrogens with one attached hydrogen (secondary N) is 1. The smallest absolute Gasteiger partial charge is 0.344 e. The molecule has 316 valence electrons. The Hall–Kier alpha value is -4.43. The zero-order valence-corrected chi connectivity index (χ0v) is 35.3. The summed E-state index contributed by atoms with van der Waals surface area (Å²) in [5.74, 6) is -1.56. The number of likely N-dealkylation sites (N-methyl/N-ethyl adjacent to an activating group) is 1. The first-order valence-corrected chi connectivity index (χ1v) is 21.2. The van der Waals surface area contributed by atoms with Crippen molar-refractivity contribution in [3.63, 3.8) is 0 Å². The minimum atomic E-state index is -2.30. The zero-order valence-electron chi connectivity index (χ0n) is 35.3. The summed E-state index contributed by atoms with van der Waals surface area (Å²) in [5.41, 5.74) is -1.62. The number of rotatable bonds is 7. The monoisotopic (exact) mass is 810 g/mol. The molecule has 2 saturated heterocycles. The molecule has 6 aliphatic rings. The van der Waals surface area contributed by atoms with Crippen LogP contribution in [0.5, 0.6) is 5.75 Å². The molecule has 1 aliphatic carbocycles. The fourth-order valence-corrected chi connectivity index (χ4v) is 13.5. The minimum absolute atomic E-state index is 0.0986. The van der Waals surface area contributed by atoms with Gasteiger partial charge in [0.2, 0.25) is 5.60 Å². The van der Waals surface area contributed by atoms with Gasteiger partial charge in [-0.3, -0.25) is 19.4 Å². The van der Waals surface area contributed by atoms with E-state index in [4.69, 9.17) is 18.9 Å². The second-order valence-corrected chi connectivity index (χ2v) is 18.2. The van der Waals surface area contributed by atoms with Gasteiger partial charge in [-0.1, -0.05) is 44.2 Å². The van der Waals surface area contributed by atoms with Crippen molar-refractivity contribution in [2.24, 2.45) is 11.3 Å². The van der Waals surface area contributed by atoms with Gasteiger partial charge in [0.1, 0.15) is 11.2 Å². The van der Waals surface area contributed by atoms with Gasteiger partial charge in [-0.2, -0.15) is 0 Å². The first-order valence-electron chi connectivity index (χ1n) is 21.2. The molecule has 1 unspecified atom stereocenters. The van der Waals surface area contributed by atoms with Crippen molar-refractivity contribution >= 4 is 34.5 Å². The fourth-order valence-electron chi connectivity index (χ4n) is 13.5. The SMILES string of the molecule is CC[C@]1(O)C[C@H]2CN(CCc3c([nH]c4ccccc34)[C@@](C(=O)OC)(c3cc4c(cc3OC)N(C)[C@@H]3[C@@](O)(C(=O)OC)[C@H](OC(C)=O)[C@]5(CC)C=CCN6CC[C@]43[C@@H]65)C2)C1. The quantitative estimate of drug-likeness (QED) is 0.180. The first-order chi connectivity index (χ1) is 28.2. The molecule has 1 aromatic heterocycles. The average molecular weight is 811 g/mol. The number of H-pyrrole nitrogens is 1. The van der Waals surface area contributed by atoms with Gasteiger partial charge in [0.05, 0.1) is 33.0 Å². The zero-order chi connectivity index (χ0) is 41.9. The molecule has 0 amide bonds. The molecule has 3 N–H and O–H groups in total. The van der Waals surface area contributed by atoms with Crippen LogP contribution in [-0.4, -0.2) is 133 Å². The largest absolute Gasteiger partial charge is 0.496 e. The number of hydrogen-bond acceptors (Lipinski definition) is 12. The number of hydrogen-bond donors (Lipinski definition) is 3. The standard InChI is InChI=1S/C46H58N4O9/c1-8-42(54)23-28-24-45(40(52)57-6,36-30(15-19-49(25-28)26-42)29-13-10-11-14-33(29)47-36)32-21-31-34(22-35(32)56-5)48(4)38-44(31)17-20-50-18-12-16-43(9-2,37(44)50)39(59-27(3)51)46(38,55)41(53)58-7/h10-14,16,21-22,28,37-39,47,54-55H,8-9,15,17-20,23-26H2,1-7H3/t28-,37+,38+,39-,42+,43-,44-,45+,46+/m1/s1. The Kier molecular flexibility index (Phi) is 9.36. The Morgan fingerprint density at radius 3 is 2.41 bits per heavy atom. The molecule has 5 aliphatic heterocycles. The molecule has 10 atom stereocenters. The molecule has 2 aromatic carbocycles. The van der Waals surface area contributed by atoms with Crippen molar-refractivity contribution in [2.45, 2.75) is 99.5 Å². The molecule has 9 rings (SSSR count). The second kappa shape index (κ2) is 13.8. The van der Waals surface area contributed by atoms with Gasteiger partial charge in [0.25, 0.3) is 0 Å². The number of carbonyl (C=O) groups excluding carboxylic acids is 3. The maximum atomic E-state index is 15.3. The molecular weight excluding hydrogens is 753 g/mol. The molecule has 1 spiro atoms. The Morgan fingerprint density at radius 1 is 0.949 bits per heavy atom. The second-order valence-electron chi connectivity index (χ2n) is 18.2. The van der Waals surface area contributed by atoms with E-state index in [1.807, 2.05) is 50.1 Å². The van der Waals surface area contributed by atoms with Crippen LogP contribution in [0.2, 0.25) is 0 Å². The van der Waals surface area contributed by atoms with Gasteiger partial charge < -0.3 is 39.0 Å². The highest BCUT2D eigenvalue weighted by atomic mass is 16.6. The van der Waals surface area contributed by atoms with E-state index < -0.39 is 57.5 Å². The van der Waals surface area contributed by atoms with E-state index in [-0.39, 0.29) is 12.0 Å². The lowest BCUT2D eigenvalue weighted by Gasteiger charge is -2.63. The van der Waals surface area contributed by atoms with Gasteiger partial charge >= 0.3 is 17.9 Å². The highest BCUT2D eigenvalue weighted by Crippen LogP contribution is 2.68. The summed E-state index contributed by atoms with van der Waals surface area (Å²) in [6, 6.07) is 11.0. The third-order valence-corrected chi connectivity index (χ3v) is 15.6. The van der Waals surface area contributed by atoms with Gasteiger partial charge in [-0.25, -0.2) is 4.79 Å². The van der Waals surface area contributed by atoms with Crippen molar-refractivity contribution in [1.29, 1.82) is 0 Å². The summed E-state index contributed by atoms with van der Waals surface area (Å²) in [6.07, 6.45) is 5.94. The number of ether oxygens (including phenoxy) is 4. The molecule has 3 aromatic rings. The van der Waals surface area contributed by atoms with E-state index >= 15 is 4.79 Å². The Balaban J connectivity index is 1.36. The van der Waals surface area contributed by atoms with E-state index in [0.29, 0.717) is 82.6 Å². The van der Waals surface area contributed by atoms with E-state index in [0.717, 1.165) is 33.4 Å². The topological polar surface area (TPSA) is 154 Å². The number of aromatic nitrogens is 1. The number of aromatic amines is 1. The lowest BCUT2D eigenvalue weighted by Crippen LogP contribution is -2.81. The first kappa shape index (κ1) is 40.0. The predicted octanol–water partition coefficient (Wildman–Crippen LogP) is 3.99. The van der Waals surface area contributed by atoms with Crippen LogP contribution >= 0.6 is 0 Å². The summed E-state index contributed by atoms with van der Waals surface area (Å²) in [6.45, 7) is 8.62. The lowest BCUT2D eigenvalue weighted by molar-refractivity contribution is -0.228. The number of esters is 3. The summed E-state index contributed by atoms with van der Waals surface area (Å²) >= 11 is 0. The normalized spacial score (nSPS) is 37.0. The van der Waals surface area contributed by atoms with Crippen LogP contribution in [0.1, 0.15) is 75.3 Å². The Labute approximate surface area is 345 Å². The van der Waals surface area contributed by atoms with Gasteiger partial charge in [-0.15, -0.1) is 0 Å². The maximum absolute atomic E-state index is 15.3. The summed E-state index contributed by atoms with van der Waals surface area (Å²) in [7, 11) is 6.15. The number of piperidine rings is 1. The van der Waals surface area contributed by atoms with Gasteiger partial charge in [0.15, 0.2) is 6.10 Å². The number of carbonyl (C=O) groups is 3. The van der Waals surface area contributed by atoms with Crippen molar-refractivity contribution in [3.8, 4) is 5.75 Å². The molecule has 13 nitrogen and oxygen atoms in total. The Bertz CT molecular complexity index is 2260. The number of para-hydroxylation sites is 1. The summed E-state index contributed by atoms with van der Waals surface area (Å²) < 4.78 is 23.9. The fraction of sp³-hybridized carbons (Fsp3) is 0.587. The summed E-state index contributed by atoms with van der Waals surface area (Å²) in [5, 5.41) is 26.3. The molecule has 6 heterocycles. The molecular formula is C46H58N4O9. The third-order valence-electron chi connectivity index (χ3n) is 15.6. The number of anilines is 1. The van der Waals surface area contributed by atoms with Crippen LogP contribution in [0.3, 0.4) is 0 Å². The van der Waals surface area contributed by atoms with Gasteiger partial charge in [0, 0.05) is 90.9 Å². The molecule has 59 heavy (non-hydrogen) atoms. The van der Waals surface area contributed by atoms with Crippen LogP contribution in [0.25, 0.3) is 10.9 Å². The van der Waals surface area contributed by atoms with Crippen molar-refractivity contribution < 1.29 is 43.5 Å². The third kappa shape index (κ3) is 5.20. The van der Waals surface area contributed by atoms with Crippen molar-refractivity contribution in [3.05, 3.63) is 70.9 Å². The Morgan fingerprint density at radius 2 is 1.71 bits per heavy atom. The predicted molar refractivity (Wildman–Crippen MR) is 220 cm³/mol. The van der Waals surface area contributed by atoms with Crippen LogP contribution in [-0.2, 0) is 45.8 Å². The molecule has 0 radical (unpaired) electrons. The molecule has 13 heteroatoms. The van der Waals surface area contributed by atoms with E-state index in [1.54, 1.807) is 7.11 Å². The van der Waals surface area contributed by atoms with E-state index in [9.17, 15) is 19.8 Å². The number of benzene rings is 2. The highest BCUT2D eigenvalue weighted by Gasteiger charge is 2.80. The van der Waals surface area contributed by atoms with Crippen LogP contribution in [0, 0.1) is 11.3 Å². The van der Waals surface area contributed by atoms with Crippen molar-refractivity contribution in [2.75, 3.05) is 66.0 Å². The number of fused-ring (bicyclic) bond motifs is 6. The van der Waals surface area contributed by atoms with Crippen LogP contribution in [0.15, 0.2) is 48.6 Å². The lowest BCUT2D eigenvalue weighted by atomic mass is 9.47. The van der Waals surface area contributed by atoms with Gasteiger partial charge in [-0.05, 0) is 74.2 Å². The van der Waals surface area contributed by atoms with E-state index in [1.165, 1.54) is 21.1 Å². The number of methoxy groups -OCH3 is 3. The van der Waals surface area contributed by atoms with E-state index in [2.05, 4.69) is 39.1 Å². The minimum Gasteiger partial charge on any atom is -0.496 e. The average Bonchev–Trinajstić information content (AvgIpc) is 3.90. The number of nitrogens with zero attached hydrogens (tertiary/aromatic N) is 3. The van der Waals surface area contributed by atoms with Crippen LogP contribution in [0.4, 0.5) is 5.69 Å². The van der Waals surface area contributed by atoms with Crippen molar-refractivity contribution in [1.82, 2.24) is 14.8 Å². The maximum Gasteiger partial charge on any atom is 0.344 e. The molecule has 2 bridgehead atoms.